The molecule has 5 nitrogen and oxygen atoms in total. The number of nitrogens with one attached hydrogen (secondary N) is 1. The van der Waals surface area contributed by atoms with Crippen LogP contribution in [0.3, 0.4) is 0 Å². The fourth-order valence-corrected chi connectivity index (χ4v) is 1.74. The van der Waals surface area contributed by atoms with Crippen molar-refractivity contribution in [1.82, 2.24) is 5.32 Å². The Labute approximate surface area is 116 Å². The second kappa shape index (κ2) is 8.39. The molecule has 6 heteroatoms. The van der Waals surface area contributed by atoms with Gasteiger partial charge in [0.2, 0.25) is 0 Å². The number of carbonyl (C=O) groups excluding carboxylic acids is 2. The molecule has 110 valence electrons. The molecule has 20 heavy (non-hydrogen) atoms. The fraction of sp³-hybridized carbons (Fsp3) is 0.429. The van der Waals surface area contributed by atoms with Crippen molar-refractivity contribution in [1.29, 1.82) is 0 Å². The number of rotatable bonds is 8. The molecule has 1 unspecified atom stereocenters. The number of ketones is 1. The molecule has 0 amide bonds. The van der Waals surface area contributed by atoms with Gasteiger partial charge in [-0.15, -0.1) is 0 Å². The van der Waals surface area contributed by atoms with Crippen LogP contribution in [0.5, 0.6) is 0 Å². The van der Waals surface area contributed by atoms with Crippen LogP contribution in [-0.2, 0) is 9.53 Å². The Morgan fingerprint density at radius 1 is 1.35 bits per heavy atom. The highest BCUT2D eigenvalue weighted by molar-refractivity contribution is 6.00. The van der Waals surface area contributed by atoms with Gasteiger partial charge in [0.05, 0.1) is 19.8 Å². The minimum absolute atomic E-state index is 0.0898. The van der Waals surface area contributed by atoms with E-state index < -0.39 is 17.8 Å². The summed E-state index contributed by atoms with van der Waals surface area (Å²) in [4.78, 5) is 23.4. The van der Waals surface area contributed by atoms with Crippen LogP contribution in [0.4, 0.5) is 4.39 Å². The third-order valence-corrected chi connectivity index (χ3v) is 2.81. The van der Waals surface area contributed by atoms with Crippen LogP contribution >= 0.6 is 0 Å². The third-order valence-electron chi connectivity index (χ3n) is 2.81. The number of hydrogen-bond acceptors (Lipinski definition) is 5. The first-order chi connectivity index (χ1) is 9.58. The molecule has 1 atom stereocenters. The molecule has 0 saturated carbocycles. The van der Waals surface area contributed by atoms with Crippen LogP contribution in [0.1, 0.15) is 23.2 Å². The molecule has 1 aromatic rings. The first kappa shape index (κ1) is 16.3. The summed E-state index contributed by atoms with van der Waals surface area (Å²) in [6, 6.07) is 4.58. The number of Topliss-reactive ketones (excluding diaryl/α,β-unsaturated/α-hetero) is 1. The molecule has 0 aliphatic carbocycles. The molecule has 1 rings (SSSR count). The lowest BCUT2D eigenvalue weighted by atomic mass is 10.00. The van der Waals surface area contributed by atoms with Crippen molar-refractivity contribution in [2.75, 3.05) is 20.3 Å². The summed E-state index contributed by atoms with van der Waals surface area (Å²) in [5.41, 5.74) is 0.353. The van der Waals surface area contributed by atoms with Crippen molar-refractivity contribution in [3.63, 3.8) is 0 Å². The molecule has 0 aliphatic heterocycles. The largest absolute Gasteiger partial charge is 0.469 e. The Bertz CT molecular complexity index is 447. The van der Waals surface area contributed by atoms with E-state index in [4.69, 9.17) is 5.11 Å². The first-order valence-electron chi connectivity index (χ1n) is 6.29. The topological polar surface area (TPSA) is 75.6 Å². The van der Waals surface area contributed by atoms with Gasteiger partial charge >= 0.3 is 5.97 Å². The summed E-state index contributed by atoms with van der Waals surface area (Å²) in [7, 11) is 1.28. The zero-order chi connectivity index (χ0) is 15.0. The number of methoxy groups -OCH3 is 1. The van der Waals surface area contributed by atoms with Crippen LogP contribution in [0.2, 0.25) is 0 Å². The van der Waals surface area contributed by atoms with Gasteiger partial charge in [-0.3, -0.25) is 9.59 Å². The summed E-state index contributed by atoms with van der Waals surface area (Å²) >= 11 is 0. The second-order valence-electron chi connectivity index (χ2n) is 4.22. The summed E-state index contributed by atoms with van der Waals surface area (Å²) in [5.74, 6) is -1.08. The third kappa shape index (κ3) is 5.07. The van der Waals surface area contributed by atoms with E-state index in [0.29, 0.717) is 5.56 Å². The molecular weight excluding hydrogens is 265 g/mol. The molecule has 0 radical (unpaired) electrons. The molecule has 1 aromatic carbocycles. The Morgan fingerprint density at radius 2 is 2.00 bits per heavy atom. The van der Waals surface area contributed by atoms with Crippen LogP contribution in [0.15, 0.2) is 24.3 Å². The van der Waals surface area contributed by atoms with E-state index in [2.05, 4.69) is 10.1 Å². The quantitative estimate of drug-likeness (QED) is 0.548. The van der Waals surface area contributed by atoms with Gasteiger partial charge in [0.15, 0.2) is 5.78 Å². The predicted octanol–water partition coefficient (Wildman–Crippen LogP) is 0.912. The average Bonchev–Trinajstić information content (AvgIpc) is 2.47. The molecule has 0 aromatic heterocycles. The van der Waals surface area contributed by atoms with Gasteiger partial charge in [-0.2, -0.15) is 0 Å². The fourth-order valence-electron chi connectivity index (χ4n) is 1.74. The minimum atomic E-state index is -0.619. The summed E-state index contributed by atoms with van der Waals surface area (Å²) < 4.78 is 17.4. The zero-order valence-electron chi connectivity index (χ0n) is 11.3. The van der Waals surface area contributed by atoms with Crippen molar-refractivity contribution in [3.05, 3.63) is 35.6 Å². The Balaban J connectivity index is 2.72. The van der Waals surface area contributed by atoms with Gasteiger partial charge in [-0.25, -0.2) is 4.39 Å². The molecule has 0 aliphatic rings. The van der Waals surface area contributed by atoms with Crippen molar-refractivity contribution in [2.24, 2.45) is 0 Å². The molecule has 0 bridgehead atoms. The van der Waals surface area contributed by atoms with Crippen molar-refractivity contribution < 1.29 is 23.8 Å². The number of benzene rings is 1. The van der Waals surface area contributed by atoms with E-state index in [1.54, 1.807) is 0 Å². The monoisotopic (exact) mass is 283 g/mol. The molecular formula is C14H18FNO4. The van der Waals surface area contributed by atoms with Gasteiger partial charge in [0.1, 0.15) is 5.82 Å². The van der Waals surface area contributed by atoms with Gasteiger partial charge in [0, 0.05) is 18.5 Å². The Hall–Kier alpha value is -1.79. The van der Waals surface area contributed by atoms with Gasteiger partial charge in [-0.1, -0.05) is 0 Å². The lowest BCUT2D eigenvalue weighted by molar-refractivity contribution is -0.140. The maximum atomic E-state index is 12.8. The van der Waals surface area contributed by atoms with Gasteiger partial charge in [-0.05, 0) is 30.7 Å². The highest BCUT2D eigenvalue weighted by Crippen LogP contribution is 2.10. The van der Waals surface area contributed by atoms with E-state index in [1.807, 2.05) is 0 Å². The number of aliphatic hydroxyl groups is 1. The number of carbonyl (C=O) groups is 2. The van der Waals surface area contributed by atoms with E-state index >= 15 is 0 Å². The normalized spacial score (nSPS) is 11.9. The van der Waals surface area contributed by atoms with Gasteiger partial charge < -0.3 is 15.2 Å². The molecule has 0 spiro atoms. The SMILES string of the molecule is COC(=O)CCC(NCCO)C(=O)c1ccc(F)cc1. The number of hydrogen-bond donors (Lipinski definition) is 2. The van der Waals surface area contributed by atoms with E-state index in [0.717, 1.165) is 0 Å². The second-order valence-corrected chi connectivity index (χ2v) is 4.22. The Kier molecular flexibility index (Phi) is 6.83. The highest BCUT2D eigenvalue weighted by atomic mass is 19.1. The number of aliphatic hydroxyl groups excluding tert-OH is 1. The van der Waals surface area contributed by atoms with Gasteiger partial charge in [0.25, 0.3) is 0 Å². The smallest absolute Gasteiger partial charge is 0.305 e. The van der Waals surface area contributed by atoms with Crippen LogP contribution < -0.4 is 5.32 Å². The average molecular weight is 283 g/mol. The van der Waals surface area contributed by atoms with Crippen molar-refractivity contribution >= 4 is 11.8 Å². The van der Waals surface area contributed by atoms with Crippen LogP contribution in [-0.4, -0.2) is 43.2 Å². The maximum Gasteiger partial charge on any atom is 0.305 e. The van der Waals surface area contributed by atoms with Crippen LogP contribution in [0, 0.1) is 5.82 Å². The number of halogens is 1. The molecule has 0 heterocycles. The molecule has 2 N–H and O–H groups in total. The summed E-state index contributed by atoms with van der Waals surface area (Å²) in [6.45, 7) is 0.115. The number of ether oxygens (including phenoxy) is 1. The van der Waals surface area contributed by atoms with E-state index in [9.17, 15) is 14.0 Å². The van der Waals surface area contributed by atoms with E-state index in [1.165, 1.54) is 31.4 Å². The minimum Gasteiger partial charge on any atom is -0.469 e. The van der Waals surface area contributed by atoms with Crippen LogP contribution in [0.25, 0.3) is 0 Å². The molecule has 0 saturated heterocycles. The lowest BCUT2D eigenvalue weighted by Gasteiger charge is -2.16. The van der Waals surface area contributed by atoms with Crippen molar-refractivity contribution in [3.8, 4) is 0 Å². The van der Waals surface area contributed by atoms with E-state index in [-0.39, 0.29) is 31.8 Å². The Morgan fingerprint density at radius 3 is 2.55 bits per heavy atom. The predicted molar refractivity (Wildman–Crippen MR) is 70.9 cm³/mol. The standard InChI is InChI=1S/C14H18FNO4/c1-20-13(18)7-6-12(16-8-9-17)14(19)10-2-4-11(15)5-3-10/h2-5,12,16-17H,6-9H2,1H3. The number of esters is 1. The molecule has 0 fully saturated rings. The lowest BCUT2D eigenvalue weighted by Crippen LogP contribution is -2.39. The zero-order valence-corrected chi connectivity index (χ0v) is 11.3. The first-order valence-corrected chi connectivity index (χ1v) is 6.29. The highest BCUT2D eigenvalue weighted by Gasteiger charge is 2.20. The van der Waals surface area contributed by atoms with Crippen molar-refractivity contribution in [2.45, 2.75) is 18.9 Å². The maximum absolute atomic E-state index is 12.8. The summed E-state index contributed by atoms with van der Waals surface area (Å²) in [6.07, 6.45) is 0.343. The summed E-state index contributed by atoms with van der Waals surface area (Å²) in [5, 5.41) is 11.7.